The Kier molecular flexibility index (Phi) is 32.1. The average molecular weight is 425 g/mol. The van der Waals surface area contributed by atoms with Crippen molar-refractivity contribution in [2.24, 2.45) is 0 Å². The van der Waals surface area contributed by atoms with Gasteiger partial charge in [0.1, 0.15) is 12.6 Å². The van der Waals surface area contributed by atoms with Crippen molar-refractivity contribution in [1.82, 2.24) is 0 Å². The van der Waals surface area contributed by atoms with Gasteiger partial charge in [0.05, 0.1) is 0 Å². The van der Waals surface area contributed by atoms with E-state index < -0.39 is 0 Å². The molecule has 2 heteroatoms. The van der Waals surface area contributed by atoms with Crippen LogP contribution in [0.15, 0.2) is 0 Å². The molecule has 0 amide bonds. The zero-order valence-corrected chi connectivity index (χ0v) is 21.0. The molecule has 0 N–H and O–H groups in total. The van der Waals surface area contributed by atoms with Crippen molar-refractivity contribution < 1.29 is 9.59 Å². The van der Waals surface area contributed by atoms with Crippen LogP contribution in [-0.2, 0) is 9.59 Å². The molecule has 0 spiro atoms. The van der Waals surface area contributed by atoms with Crippen molar-refractivity contribution in [2.45, 2.75) is 168 Å². The van der Waals surface area contributed by atoms with Crippen molar-refractivity contribution in [1.29, 1.82) is 0 Å². The van der Waals surface area contributed by atoms with Gasteiger partial charge >= 0.3 is 0 Å². The van der Waals surface area contributed by atoms with Gasteiger partial charge in [-0.1, -0.05) is 142 Å². The highest BCUT2D eigenvalue weighted by atomic mass is 16.1. The average Bonchev–Trinajstić information content (AvgIpc) is 2.77. The topological polar surface area (TPSA) is 34.1 Å². The number of Topliss-reactive ketones (excluding diaryl/α,β-unsaturated/α-hetero) is 1. The highest BCUT2D eigenvalue weighted by Crippen LogP contribution is 2.14. The van der Waals surface area contributed by atoms with Gasteiger partial charge in [-0.05, 0) is 12.8 Å². The highest BCUT2D eigenvalue weighted by molar-refractivity contribution is 5.78. The molecule has 0 rings (SSSR count). The fraction of sp³-hybridized carbons (Fsp3) is 0.929. The smallest absolute Gasteiger partial charge is 0.132 e. The Morgan fingerprint density at radius 2 is 0.600 bits per heavy atom. The van der Waals surface area contributed by atoms with Gasteiger partial charge in [0.25, 0.3) is 0 Å². The van der Waals surface area contributed by atoms with Crippen molar-refractivity contribution in [3.63, 3.8) is 0 Å². The fourth-order valence-corrected chi connectivity index (χ4v) is 4.10. The minimum Gasteiger partial charge on any atom is -0.307 e. The minimum atomic E-state index is 0.520. The van der Waals surface area contributed by atoms with Crippen LogP contribution < -0.4 is 0 Å². The van der Waals surface area contributed by atoms with E-state index in [4.69, 9.17) is 4.79 Å². The molecular weight excluding hydrogens is 368 g/mol. The van der Waals surface area contributed by atoms with Crippen LogP contribution in [0, 0.1) is 0 Å². The summed E-state index contributed by atoms with van der Waals surface area (Å²) in [6.07, 6.45) is 31.6. The van der Waals surface area contributed by atoms with Crippen molar-refractivity contribution in [3.8, 4) is 0 Å². The lowest BCUT2D eigenvalue weighted by atomic mass is 10.0. The van der Waals surface area contributed by atoms with Gasteiger partial charge in [0.15, 0.2) is 0 Å². The normalized spacial score (nSPS) is 10.6. The van der Waals surface area contributed by atoms with Crippen LogP contribution in [0.1, 0.15) is 168 Å². The summed E-state index contributed by atoms with van der Waals surface area (Å²) in [6, 6.07) is 0. The number of rotatable bonds is 24. The summed E-state index contributed by atoms with van der Waals surface area (Å²) in [5, 5.41) is 0. The lowest BCUT2D eigenvalue weighted by Gasteiger charge is -2.04. The Labute approximate surface area is 190 Å². The molecule has 0 aliphatic rings. The summed E-state index contributed by atoms with van der Waals surface area (Å²) in [5.74, 6) is 0.520. The molecule has 0 saturated carbocycles. The second kappa shape index (κ2) is 30.5. The Balaban J connectivity index is 0. The Hall–Kier alpha value is -0.660. The van der Waals surface area contributed by atoms with E-state index in [1.165, 1.54) is 128 Å². The maximum Gasteiger partial charge on any atom is 0.132 e. The van der Waals surface area contributed by atoms with Gasteiger partial charge in [-0.3, -0.25) is 4.79 Å². The molecule has 0 aliphatic carbocycles. The largest absolute Gasteiger partial charge is 0.307 e. The second-order valence-corrected chi connectivity index (χ2v) is 9.11. The van der Waals surface area contributed by atoms with Crippen LogP contribution in [0.2, 0.25) is 0 Å². The van der Waals surface area contributed by atoms with Gasteiger partial charge < -0.3 is 4.79 Å². The number of hydrogen-bond acceptors (Lipinski definition) is 2. The maximum absolute atomic E-state index is 12.0. The summed E-state index contributed by atoms with van der Waals surface area (Å²) in [6.45, 7) is 6.56. The Bertz CT molecular complexity index is 286. The molecule has 0 bridgehead atoms. The molecule has 0 saturated heterocycles. The van der Waals surface area contributed by atoms with Crippen molar-refractivity contribution in [2.75, 3.05) is 0 Å². The molecule has 0 aromatic carbocycles. The fourth-order valence-electron chi connectivity index (χ4n) is 4.10. The van der Waals surface area contributed by atoms with E-state index in [1.54, 1.807) is 0 Å². The SMILES string of the molecule is C=O.CCCCCCCCCCCCCC(=O)CCCCCCCCCCCCC. The number of hydrogen-bond donors (Lipinski definition) is 0. The third-order valence-electron chi connectivity index (χ3n) is 6.12. The van der Waals surface area contributed by atoms with E-state index in [9.17, 15) is 4.79 Å². The summed E-state index contributed by atoms with van der Waals surface area (Å²) in [7, 11) is 0. The molecule has 180 valence electrons. The van der Waals surface area contributed by atoms with Gasteiger partial charge in [0, 0.05) is 12.8 Å². The molecule has 0 unspecified atom stereocenters. The Morgan fingerprint density at radius 3 is 0.833 bits per heavy atom. The first-order chi connectivity index (χ1) is 14.8. The molecule has 0 heterocycles. The van der Waals surface area contributed by atoms with Gasteiger partial charge in [-0.25, -0.2) is 0 Å². The number of carbonyl (C=O) groups is 2. The molecule has 0 fully saturated rings. The molecular formula is C28H56O2. The molecule has 0 aromatic rings. The molecule has 0 aromatic heterocycles. The van der Waals surface area contributed by atoms with E-state index >= 15 is 0 Å². The van der Waals surface area contributed by atoms with Crippen molar-refractivity contribution in [3.05, 3.63) is 0 Å². The van der Waals surface area contributed by atoms with E-state index in [1.807, 2.05) is 6.79 Å². The standard InChI is InChI=1S/C27H54O.CH2O/c1-3-5-7-9-11-13-15-17-19-21-23-25-27(28)26-24-22-20-18-16-14-12-10-8-6-4-2;1-2/h3-26H2,1-2H3;1H2. The third-order valence-corrected chi connectivity index (χ3v) is 6.12. The predicted octanol–water partition coefficient (Wildman–Crippen LogP) is 9.77. The summed E-state index contributed by atoms with van der Waals surface area (Å²) in [4.78, 5) is 20.0. The van der Waals surface area contributed by atoms with E-state index in [0.717, 1.165) is 25.7 Å². The lowest BCUT2D eigenvalue weighted by Crippen LogP contribution is -1.97. The zero-order chi connectivity index (χ0) is 22.5. The molecule has 0 radical (unpaired) electrons. The van der Waals surface area contributed by atoms with Gasteiger partial charge in [-0.15, -0.1) is 0 Å². The van der Waals surface area contributed by atoms with Crippen molar-refractivity contribution >= 4 is 12.6 Å². The zero-order valence-electron chi connectivity index (χ0n) is 21.0. The van der Waals surface area contributed by atoms with Crippen LogP contribution in [0.3, 0.4) is 0 Å². The number of ketones is 1. The summed E-state index contributed by atoms with van der Waals surface area (Å²) >= 11 is 0. The second-order valence-electron chi connectivity index (χ2n) is 9.11. The van der Waals surface area contributed by atoms with E-state index in [0.29, 0.717) is 5.78 Å². The third kappa shape index (κ3) is 29.5. The van der Waals surface area contributed by atoms with E-state index in [2.05, 4.69) is 13.8 Å². The highest BCUT2D eigenvalue weighted by Gasteiger charge is 2.02. The first kappa shape index (κ1) is 31.5. The lowest BCUT2D eigenvalue weighted by molar-refractivity contribution is -0.119. The van der Waals surface area contributed by atoms with Crippen LogP contribution >= 0.6 is 0 Å². The molecule has 0 atom stereocenters. The Morgan fingerprint density at radius 1 is 0.400 bits per heavy atom. The molecule has 2 nitrogen and oxygen atoms in total. The summed E-state index contributed by atoms with van der Waals surface area (Å²) < 4.78 is 0. The quantitative estimate of drug-likeness (QED) is 0.144. The van der Waals surface area contributed by atoms with Gasteiger partial charge in [0.2, 0.25) is 0 Å². The minimum absolute atomic E-state index is 0.520. The first-order valence-electron chi connectivity index (χ1n) is 13.6. The van der Waals surface area contributed by atoms with Gasteiger partial charge in [-0.2, -0.15) is 0 Å². The monoisotopic (exact) mass is 424 g/mol. The van der Waals surface area contributed by atoms with Crippen LogP contribution in [0.5, 0.6) is 0 Å². The molecule has 0 aliphatic heterocycles. The number of carbonyl (C=O) groups excluding carboxylic acids is 2. The first-order valence-corrected chi connectivity index (χ1v) is 13.6. The van der Waals surface area contributed by atoms with Crippen LogP contribution in [0.4, 0.5) is 0 Å². The predicted molar refractivity (Wildman–Crippen MR) is 134 cm³/mol. The summed E-state index contributed by atoms with van der Waals surface area (Å²) in [5.41, 5.74) is 0. The maximum atomic E-state index is 12.0. The number of unbranched alkanes of at least 4 members (excludes halogenated alkanes) is 20. The molecule has 30 heavy (non-hydrogen) atoms. The van der Waals surface area contributed by atoms with E-state index in [-0.39, 0.29) is 0 Å². The van der Waals surface area contributed by atoms with Crippen LogP contribution in [0.25, 0.3) is 0 Å². The van der Waals surface area contributed by atoms with Crippen LogP contribution in [-0.4, -0.2) is 12.6 Å².